The van der Waals surface area contributed by atoms with Gasteiger partial charge in [0.05, 0.1) is 16.9 Å². The van der Waals surface area contributed by atoms with E-state index in [4.69, 9.17) is 0 Å². The third-order valence-electron chi connectivity index (χ3n) is 3.58. The van der Waals surface area contributed by atoms with Crippen LogP contribution in [-0.4, -0.2) is 15.3 Å². The number of para-hydroxylation sites is 1. The Bertz CT molecular complexity index is 861. The minimum absolute atomic E-state index is 0.241. The molecule has 3 rings (SSSR count). The van der Waals surface area contributed by atoms with Crippen LogP contribution in [0.4, 0.5) is 5.69 Å². The van der Waals surface area contributed by atoms with Crippen molar-refractivity contribution >= 4 is 22.9 Å². The zero-order valence-corrected chi connectivity index (χ0v) is 13.1. The summed E-state index contributed by atoms with van der Waals surface area (Å²) in [5.41, 5.74) is 2.09. The van der Waals surface area contributed by atoms with E-state index in [9.17, 15) is 9.59 Å². The summed E-state index contributed by atoms with van der Waals surface area (Å²) >= 11 is 1.44. The number of carbonyl (C=O) groups is 1. The van der Waals surface area contributed by atoms with Crippen LogP contribution >= 0.6 is 11.3 Å². The Hall–Kier alpha value is -2.60. The van der Waals surface area contributed by atoms with E-state index in [1.165, 1.54) is 11.3 Å². The van der Waals surface area contributed by atoms with E-state index in [0.29, 0.717) is 16.9 Å². The van der Waals surface area contributed by atoms with Gasteiger partial charge in [-0.15, -0.1) is 0 Å². The molecule has 22 heavy (non-hydrogen) atoms. The molecule has 0 saturated carbocycles. The maximum atomic E-state index is 12.6. The topological polar surface area (TPSA) is 56.0 Å². The minimum Gasteiger partial charge on any atom is -0.316 e. The number of aromatic nitrogens is 2. The smallest absolute Gasteiger partial charge is 0.295 e. The molecule has 0 fully saturated rings. The van der Waals surface area contributed by atoms with Crippen LogP contribution in [0.5, 0.6) is 0 Å². The molecule has 0 radical (unpaired) electrons. The van der Waals surface area contributed by atoms with Crippen LogP contribution < -0.4 is 10.9 Å². The Morgan fingerprint density at radius 2 is 1.91 bits per heavy atom. The van der Waals surface area contributed by atoms with Crippen molar-refractivity contribution in [2.45, 2.75) is 6.92 Å². The van der Waals surface area contributed by atoms with Gasteiger partial charge in [-0.2, -0.15) is 11.3 Å². The number of thiophene rings is 1. The lowest BCUT2D eigenvalue weighted by Gasteiger charge is -2.07. The molecule has 0 aliphatic heterocycles. The molecule has 1 N–H and O–H groups in total. The van der Waals surface area contributed by atoms with Gasteiger partial charge >= 0.3 is 0 Å². The van der Waals surface area contributed by atoms with Crippen molar-refractivity contribution in [1.29, 1.82) is 0 Å². The van der Waals surface area contributed by atoms with Gasteiger partial charge in [0.2, 0.25) is 0 Å². The van der Waals surface area contributed by atoms with Crippen LogP contribution in [0.2, 0.25) is 0 Å². The number of hydrogen-bond acceptors (Lipinski definition) is 3. The van der Waals surface area contributed by atoms with Crippen molar-refractivity contribution in [2.75, 3.05) is 5.32 Å². The molecule has 0 saturated heterocycles. The van der Waals surface area contributed by atoms with Gasteiger partial charge in [-0.1, -0.05) is 18.2 Å². The molecule has 5 nitrogen and oxygen atoms in total. The SMILES string of the molecule is Cc1c(NC(=O)c2ccsc2)c(=O)n(-c2ccccc2)n1C. The van der Waals surface area contributed by atoms with E-state index in [2.05, 4.69) is 5.32 Å². The average Bonchev–Trinajstić information content (AvgIpc) is 3.13. The molecular formula is C16H15N3O2S. The van der Waals surface area contributed by atoms with Gasteiger partial charge in [0, 0.05) is 12.4 Å². The Morgan fingerprint density at radius 1 is 1.18 bits per heavy atom. The fourth-order valence-corrected chi connectivity index (χ4v) is 2.93. The normalized spacial score (nSPS) is 10.6. The largest absolute Gasteiger partial charge is 0.316 e. The van der Waals surface area contributed by atoms with E-state index >= 15 is 0 Å². The first kappa shape index (κ1) is 14.3. The van der Waals surface area contributed by atoms with Gasteiger partial charge in [-0.25, -0.2) is 4.68 Å². The summed E-state index contributed by atoms with van der Waals surface area (Å²) in [5.74, 6) is -0.271. The predicted molar refractivity (Wildman–Crippen MR) is 88.0 cm³/mol. The molecule has 0 aliphatic rings. The summed E-state index contributed by atoms with van der Waals surface area (Å²) < 4.78 is 3.28. The highest BCUT2D eigenvalue weighted by Gasteiger charge is 2.18. The molecule has 2 heterocycles. The molecule has 0 atom stereocenters. The van der Waals surface area contributed by atoms with Crippen molar-refractivity contribution in [3.05, 3.63) is 68.8 Å². The molecule has 0 bridgehead atoms. The summed E-state index contributed by atoms with van der Waals surface area (Å²) in [6.07, 6.45) is 0. The molecule has 6 heteroatoms. The maximum Gasteiger partial charge on any atom is 0.295 e. The molecule has 0 aliphatic carbocycles. The standard InChI is InChI=1S/C16H15N3O2S/c1-11-14(17-15(20)12-8-9-22-10-12)16(21)19(18(11)2)13-6-4-3-5-7-13/h3-10H,1-2H3,(H,17,20). The van der Waals surface area contributed by atoms with Crippen LogP contribution in [-0.2, 0) is 7.05 Å². The van der Waals surface area contributed by atoms with Crippen LogP contribution in [0.1, 0.15) is 16.1 Å². The van der Waals surface area contributed by atoms with E-state index in [-0.39, 0.29) is 11.5 Å². The monoisotopic (exact) mass is 313 g/mol. The lowest BCUT2D eigenvalue weighted by Crippen LogP contribution is -2.22. The first-order valence-electron chi connectivity index (χ1n) is 6.77. The predicted octanol–water partition coefficient (Wildman–Crippen LogP) is 2.80. The molecule has 3 aromatic rings. The number of rotatable bonds is 3. The number of nitrogens with one attached hydrogen (secondary N) is 1. The van der Waals surface area contributed by atoms with Gasteiger partial charge in [0.1, 0.15) is 5.69 Å². The van der Waals surface area contributed by atoms with E-state index in [1.807, 2.05) is 42.6 Å². The number of nitrogens with zero attached hydrogens (tertiary/aromatic N) is 2. The molecular weight excluding hydrogens is 298 g/mol. The molecule has 1 aromatic carbocycles. The number of anilines is 1. The number of hydrogen-bond donors (Lipinski definition) is 1. The highest BCUT2D eigenvalue weighted by atomic mass is 32.1. The van der Waals surface area contributed by atoms with E-state index in [1.54, 1.807) is 27.9 Å². The summed E-state index contributed by atoms with van der Waals surface area (Å²) in [4.78, 5) is 24.8. The fourth-order valence-electron chi connectivity index (χ4n) is 2.29. The summed E-state index contributed by atoms with van der Waals surface area (Å²) in [7, 11) is 1.80. The van der Waals surface area contributed by atoms with Crippen LogP contribution in [0, 0.1) is 6.92 Å². The summed E-state index contributed by atoms with van der Waals surface area (Å²) in [6.45, 7) is 1.81. The Kier molecular flexibility index (Phi) is 3.68. The molecule has 1 amide bonds. The Balaban J connectivity index is 2.04. The van der Waals surface area contributed by atoms with E-state index in [0.717, 1.165) is 5.69 Å². The van der Waals surface area contributed by atoms with Crippen molar-refractivity contribution in [3.8, 4) is 5.69 Å². The van der Waals surface area contributed by atoms with E-state index < -0.39 is 0 Å². The minimum atomic E-state index is -0.271. The van der Waals surface area contributed by atoms with Crippen LogP contribution in [0.15, 0.2) is 52.0 Å². The summed E-state index contributed by atoms with van der Waals surface area (Å²) in [6, 6.07) is 11.1. The first-order chi connectivity index (χ1) is 10.6. The van der Waals surface area contributed by atoms with Gasteiger partial charge < -0.3 is 5.32 Å². The lowest BCUT2D eigenvalue weighted by molar-refractivity contribution is 0.102. The average molecular weight is 313 g/mol. The zero-order chi connectivity index (χ0) is 15.7. The molecule has 2 aromatic heterocycles. The Morgan fingerprint density at radius 3 is 2.55 bits per heavy atom. The van der Waals surface area contributed by atoms with Crippen molar-refractivity contribution in [3.63, 3.8) is 0 Å². The van der Waals surface area contributed by atoms with Crippen LogP contribution in [0.25, 0.3) is 5.69 Å². The second-order valence-corrected chi connectivity index (χ2v) is 5.68. The van der Waals surface area contributed by atoms with Crippen molar-refractivity contribution in [1.82, 2.24) is 9.36 Å². The van der Waals surface area contributed by atoms with Crippen molar-refractivity contribution in [2.24, 2.45) is 7.05 Å². The first-order valence-corrected chi connectivity index (χ1v) is 7.71. The number of amides is 1. The fraction of sp³-hybridized carbons (Fsp3) is 0.125. The number of carbonyl (C=O) groups excluding carboxylic acids is 1. The quantitative estimate of drug-likeness (QED) is 0.808. The molecule has 0 spiro atoms. The zero-order valence-electron chi connectivity index (χ0n) is 12.2. The summed E-state index contributed by atoms with van der Waals surface area (Å²) in [5, 5.41) is 6.31. The second kappa shape index (κ2) is 5.65. The lowest BCUT2D eigenvalue weighted by atomic mass is 10.3. The van der Waals surface area contributed by atoms with Gasteiger partial charge in [-0.05, 0) is 30.5 Å². The maximum absolute atomic E-state index is 12.6. The van der Waals surface area contributed by atoms with Crippen molar-refractivity contribution < 1.29 is 4.79 Å². The van der Waals surface area contributed by atoms with Gasteiger partial charge in [0.25, 0.3) is 11.5 Å². The van der Waals surface area contributed by atoms with Gasteiger partial charge in [-0.3, -0.25) is 14.3 Å². The third-order valence-corrected chi connectivity index (χ3v) is 4.26. The Labute approximate surface area is 131 Å². The number of benzene rings is 1. The highest BCUT2D eigenvalue weighted by Crippen LogP contribution is 2.15. The highest BCUT2D eigenvalue weighted by molar-refractivity contribution is 7.08. The second-order valence-electron chi connectivity index (χ2n) is 4.90. The third kappa shape index (κ3) is 2.37. The van der Waals surface area contributed by atoms with Crippen LogP contribution in [0.3, 0.4) is 0 Å². The molecule has 112 valence electrons. The van der Waals surface area contributed by atoms with Gasteiger partial charge in [0.15, 0.2) is 0 Å². The molecule has 0 unspecified atom stereocenters.